The summed E-state index contributed by atoms with van der Waals surface area (Å²) in [5.74, 6) is 1.96. The molecular weight excluding hydrogens is 347 g/mol. The fraction of sp³-hybridized carbons (Fsp3) is 1.00. The van der Waals surface area contributed by atoms with Crippen LogP contribution in [0.25, 0.3) is 0 Å². The molecule has 158 valence electrons. The van der Waals surface area contributed by atoms with Gasteiger partial charge in [-0.3, -0.25) is 4.90 Å². The van der Waals surface area contributed by atoms with Crippen LogP contribution in [0.5, 0.6) is 0 Å². The Balaban J connectivity index is 1.76. The Morgan fingerprint density at radius 1 is 0.667 bits per heavy atom. The van der Waals surface area contributed by atoms with Crippen LogP contribution in [-0.2, 0) is 0 Å². The minimum Gasteiger partial charge on any atom is -0.309 e. The molecule has 0 saturated heterocycles. The van der Waals surface area contributed by atoms with Crippen molar-refractivity contribution in [3.8, 4) is 0 Å². The normalized spacial score (nSPS) is 25.1. The van der Waals surface area contributed by atoms with Crippen molar-refractivity contribution < 1.29 is 0 Å². The van der Waals surface area contributed by atoms with E-state index in [0.717, 1.165) is 23.0 Å². The standard InChI is InChI=1S/C24H47N2P/c1-25(2)19-12-20-26(3)24(21-13-10-11-14-21)27(22-15-6-4-7-16-22)23-17-8-5-9-18-23/h21-24H,4-20H2,1-3H3. The average molecular weight is 395 g/mol. The first-order valence-electron chi connectivity index (χ1n) is 12.3. The molecular formula is C24H47N2P. The Hall–Kier alpha value is 0.350. The smallest absolute Gasteiger partial charge is 0.0326 e. The molecule has 1 unspecified atom stereocenters. The molecule has 0 aromatic heterocycles. The van der Waals surface area contributed by atoms with Gasteiger partial charge in [0.05, 0.1) is 0 Å². The van der Waals surface area contributed by atoms with Crippen LogP contribution in [0.4, 0.5) is 0 Å². The maximum atomic E-state index is 2.90. The van der Waals surface area contributed by atoms with E-state index < -0.39 is 0 Å². The molecule has 3 rings (SSSR count). The fourth-order valence-corrected chi connectivity index (χ4v) is 11.1. The zero-order chi connectivity index (χ0) is 19.1. The summed E-state index contributed by atoms with van der Waals surface area (Å²) in [5, 5.41) is 0. The largest absolute Gasteiger partial charge is 0.309 e. The zero-order valence-electron chi connectivity index (χ0n) is 18.7. The predicted molar refractivity (Wildman–Crippen MR) is 122 cm³/mol. The molecule has 0 aliphatic heterocycles. The second kappa shape index (κ2) is 11.5. The van der Waals surface area contributed by atoms with Gasteiger partial charge in [-0.1, -0.05) is 59.3 Å². The van der Waals surface area contributed by atoms with E-state index in [0.29, 0.717) is 0 Å². The third-order valence-corrected chi connectivity index (χ3v) is 11.8. The minimum absolute atomic E-state index is 0.170. The van der Waals surface area contributed by atoms with E-state index in [-0.39, 0.29) is 7.92 Å². The van der Waals surface area contributed by atoms with E-state index in [9.17, 15) is 0 Å². The molecule has 3 aliphatic carbocycles. The molecule has 1 atom stereocenters. The van der Waals surface area contributed by atoms with Crippen LogP contribution in [0.1, 0.15) is 96.3 Å². The highest BCUT2D eigenvalue weighted by Gasteiger charge is 2.42. The zero-order valence-corrected chi connectivity index (χ0v) is 19.6. The maximum Gasteiger partial charge on any atom is 0.0326 e. The van der Waals surface area contributed by atoms with Gasteiger partial charge in [0.15, 0.2) is 0 Å². The van der Waals surface area contributed by atoms with Crippen molar-refractivity contribution in [2.75, 3.05) is 34.2 Å². The minimum atomic E-state index is 0.170. The van der Waals surface area contributed by atoms with Gasteiger partial charge in [-0.15, -0.1) is 0 Å². The van der Waals surface area contributed by atoms with Gasteiger partial charge in [0.25, 0.3) is 0 Å². The summed E-state index contributed by atoms with van der Waals surface area (Å²) in [6.07, 6.45) is 22.8. The van der Waals surface area contributed by atoms with Gasteiger partial charge in [0, 0.05) is 5.78 Å². The summed E-state index contributed by atoms with van der Waals surface area (Å²) < 4.78 is 0. The lowest BCUT2D eigenvalue weighted by molar-refractivity contribution is 0.227. The lowest BCUT2D eigenvalue weighted by atomic mass is 9.99. The van der Waals surface area contributed by atoms with E-state index in [1.807, 2.05) is 0 Å². The molecule has 0 bridgehead atoms. The topological polar surface area (TPSA) is 6.48 Å². The van der Waals surface area contributed by atoms with Crippen molar-refractivity contribution in [1.29, 1.82) is 0 Å². The van der Waals surface area contributed by atoms with E-state index in [2.05, 4.69) is 30.9 Å². The van der Waals surface area contributed by atoms with Gasteiger partial charge < -0.3 is 4.90 Å². The summed E-state index contributed by atoms with van der Waals surface area (Å²) in [7, 11) is 7.14. The molecule has 0 radical (unpaired) electrons. The van der Waals surface area contributed by atoms with Crippen LogP contribution in [0.15, 0.2) is 0 Å². The molecule has 3 fully saturated rings. The van der Waals surface area contributed by atoms with E-state index in [1.165, 1.54) is 83.7 Å². The highest BCUT2D eigenvalue weighted by Crippen LogP contribution is 2.62. The lowest BCUT2D eigenvalue weighted by Crippen LogP contribution is -2.42. The van der Waals surface area contributed by atoms with Gasteiger partial charge in [-0.25, -0.2) is 0 Å². The predicted octanol–water partition coefficient (Wildman–Crippen LogP) is 6.53. The second-order valence-corrected chi connectivity index (χ2v) is 13.0. The quantitative estimate of drug-likeness (QED) is 0.410. The molecule has 3 heteroatoms. The van der Waals surface area contributed by atoms with Crippen LogP contribution in [0.3, 0.4) is 0 Å². The molecule has 0 aromatic rings. The van der Waals surface area contributed by atoms with Crippen molar-refractivity contribution in [3.63, 3.8) is 0 Å². The first kappa shape index (κ1) is 22.0. The fourth-order valence-electron chi connectivity index (χ4n) is 6.34. The molecule has 0 aromatic carbocycles. The Bertz CT molecular complexity index is 377. The van der Waals surface area contributed by atoms with E-state index in [1.54, 1.807) is 25.7 Å². The molecule has 3 aliphatic rings. The van der Waals surface area contributed by atoms with Gasteiger partial charge in [0.2, 0.25) is 0 Å². The summed E-state index contributed by atoms with van der Waals surface area (Å²) in [4.78, 5) is 5.26. The van der Waals surface area contributed by atoms with E-state index in [4.69, 9.17) is 0 Å². The van der Waals surface area contributed by atoms with E-state index >= 15 is 0 Å². The lowest BCUT2D eigenvalue weighted by Gasteiger charge is -2.48. The number of nitrogens with zero attached hydrogens (tertiary/aromatic N) is 2. The molecule has 2 nitrogen and oxygen atoms in total. The van der Waals surface area contributed by atoms with Crippen molar-refractivity contribution in [2.24, 2.45) is 5.92 Å². The van der Waals surface area contributed by atoms with Gasteiger partial charge in [-0.05, 0) is 96.4 Å². The average Bonchev–Trinajstić information content (AvgIpc) is 3.21. The molecule has 3 saturated carbocycles. The first-order valence-corrected chi connectivity index (χ1v) is 13.8. The maximum absolute atomic E-state index is 2.90. The van der Waals surface area contributed by atoms with Crippen LogP contribution >= 0.6 is 7.92 Å². The highest BCUT2D eigenvalue weighted by atomic mass is 31.1. The second-order valence-electron chi connectivity index (χ2n) is 10.1. The van der Waals surface area contributed by atoms with Crippen molar-refractivity contribution in [2.45, 2.75) is 113 Å². The van der Waals surface area contributed by atoms with Crippen molar-refractivity contribution in [1.82, 2.24) is 9.80 Å². The molecule has 0 N–H and O–H groups in total. The monoisotopic (exact) mass is 394 g/mol. The number of hydrogen-bond acceptors (Lipinski definition) is 2. The van der Waals surface area contributed by atoms with Gasteiger partial charge in [-0.2, -0.15) is 0 Å². The van der Waals surface area contributed by atoms with Crippen molar-refractivity contribution >= 4 is 7.92 Å². The summed E-state index contributed by atoms with van der Waals surface area (Å²) in [6.45, 7) is 2.56. The van der Waals surface area contributed by atoms with Crippen LogP contribution < -0.4 is 0 Å². The highest BCUT2D eigenvalue weighted by molar-refractivity contribution is 7.59. The van der Waals surface area contributed by atoms with Crippen LogP contribution in [-0.4, -0.2) is 61.1 Å². The van der Waals surface area contributed by atoms with Gasteiger partial charge >= 0.3 is 0 Å². The Labute approximate surface area is 171 Å². The summed E-state index contributed by atoms with van der Waals surface area (Å²) >= 11 is 0. The third kappa shape index (κ3) is 6.42. The summed E-state index contributed by atoms with van der Waals surface area (Å²) in [5.41, 5.74) is 2.19. The van der Waals surface area contributed by atoms with Crippen LogP contribution in [0.2, 0.25) is 0 Å². The summed E-state index contributed by atoms with van der Waals surface area (Å²) in [6, 6.07) is 0. The number of hydrogen-bond donors (Lipinski definition) is 0. The van der Waals surface area contributed by atoms with Gasteiger partial charge in [0.1, 0.15) is 0 Å². The van der Waals surface area contributed by atoms with Crippen molar-refractivity contribution in [3.05, 3.63) is 0 Å². The Morgan fingerprint density at radius 2 is 1.15 bits per heavy atom. The molecule has 0 spiro atoms. The molecule has 27 heavy (non-hydrogen) atoms. The van der Waals surface area contributed by atoms with Crippen LogP contribution in [0, 0.1) is 5.92 Å². The molecule has 0 heterocycles. The SMILES string of the molecule is CN(C)CCCN(C)C(C1CCCC1)P(C1CCCCC1)C1CCCCC1. The first-order chi connectivity index (χ1) is 13.2. The Kier molecular flexibility index (Phi) is 9.40. The number of rotatable bonds is 9. The third-order valence-electron chi connectivity index (χ3n) is 7.69. The molecule has 0 amide bonds. The Morgan fingerprint density at radius 3 is 1.63 bits per heavy atom.